The molecule has 5 rings (SSSR count). The van der Waals surface area contributed by atoms with Gasteiger partial charge in [-0.1, -0.05) is 35.3 Å². The summed E-state index contributed by atoms with van der Waals surface area (Å²) in [4.78, 5) is 13.0. The smallest absolute Gasteiger partial charge is 0.354 e. The minimum atomic E-state index is -4.37. The second-order valence-electron chi connectivity index (χ2n) is 9.37. The maximum atomic E-state index is 12.7. The van der Waals surface area contributed by atoms with Crippen molar-refractivity contribution in [3.05, 3.63) is 70.5 Å². The Hall–Kier alpha value is -2.69. The first-order valence-corrected chi connectivity index (χ1v) is 12.5. The molecule has 1 saturated carbocycles. The minimum absolute atomic E-state index is 0.214. The molecule has 0 amide bonds. The molecule has 3 heterocycles. The van der Waals surface area contributed by atoms with Crippen LogP contribution in [-0.2, 0) is 18.1 Å². The lowest BCUT2D eigenvalue weighted by Crippen LogP contribution is -2.48. The average Bonchev–Trinajstić information content (AvgIpc) is 3.30. The summed E-state index contributed by atoms with van der Waals surface area (Å²) >= 11 is 6.21. The van der Waals surface area contributed by atoms with E-state index >= 15 is 0 Å². The molecule has 36 heavy (non-hydrogen) atoms. The van der Waals surface area contributed by atoms with Gasteiger partial charge in [0.1, 0.15) is 5.82 Å². The molecule has 1 saturated heterocycles. The molecule has 2 aromatic heterocycles. The minimum Gasteiger partial charge on any atom is -0.354 e. The van der Waals surface area contributed by atoms with Crippen LogP contribution in [0, 0.1) is 0 Å². The Labute approximate surface area is 212 Å². The van der Waals surface area contributed by atoms with Gasteiger partial charge in [0.15, 0.2) is 5.82 Å². The summed E-state index contributed by atoms with van der Waals surface area (Å²) < 4.78 is 43.8. The van der Waals surface area contributed by atoms with Crippen molar-refractivity contribution in [1.29, 1.82) is 0 Å². The number of nitrogens with one attached hydrogen (secondary N) is 1. The fraction of sp³-hybridized carbons (Fsp3) is 0.480. The number of hydrogen-bond donors (Lipinski definition) is 1. The van der Waals surface area contributed by atoms with Gasteiger partial charge >= 0.3 is 6.18 Å². The summed E-state index contributed by atoms with van der Waals surface area (Å²) in [6.45, 7) is 5.17. The van der Waals surface area contributed by atoms with Crippen molar-refractivity contribution >= 4 is 17.4 Å². The van der Waals surface area contributed by atoms with Crippen LogP contribution in [0.25, 0.3) is 0 Å². The highest BCUT2D eigenvalue weighted by Gasteiger charge is 2.44. The predicted molar refractivity (Wildman–Crippen MR) is 130 cm³/mol. The number of hydrogen-bond acceptors (Lipinski definition) is 7. The quantitative estimate of drug-likeness (QED) is 0.438. The third-order valence-corrected chi connectivity index (χ3v) is 7.37. The molecule has 1 aliphatic carbocycles. The van der Waals surface area contributed by atoms with E-state index in [0.717, 1.165) is 82.2 Å². The van der Waals surface area contributed by atoms with Gasteiger partial charge in [0.25, 0.3) is 0 Å². The summed E-state index contributed by atoms with van der Waals surface area (Å²) in [7, 11) is 0. The largest absolute Gasteiger partial charge is 0.417 e. The van der Waals surface area contributed by atoms with Crippen LogP contribution >= 0.6 is 11.6 Å². The number of nitrogens with zero attached hydrogens (tertiary/aromatic N) is 5. The summed E-state index contributed by atoms with van der Waals surface area (Å²) in [6.07, 6.45) is -0.385. The molecule has 1 aromatic carbocycles. The number of piperazine rings is 1. The van der Waals surface area contributed by atoms with Gasteiger partial charge in [0.05, 0.1) is 17.5 Å². The Bertz CT molecular complexity index is 1160. The van der Waals surface area contributed by atoms with Gasteiger partial charge in [0, 0.05) is 50.5 Å². The first kappa shape index (κ1) is 25.0. The van der Waals surface area contributed by atoms with Crippen LogP contribution in [0.1, 0.15) is 42.1 Å². The van der Waals surface area contributed by atoms with E-state index in [1.807, 2.05) is 23.1 Å². The number of alkyl halides is 3. The summed E-state index contributed by atoms with van der Waals surface area (Å²) in [5, 5.41) is 8.37. The molecule has 3 aromatic rings. The zero-order valence-corrected chi connectivity index (χ0v) is 20.5. The van der Waals surface area contributed by atoms with E-state index in [1.165, 1.54) is 6.07 Å². The van der Waals surface area contributed by atoms with Crippen LogP contribution in [0.15, 0.2) is 47.1 Å². The van der Waals surface area contributed by atoms with Gasteiger partial charge < -0.3 is 14.7 Å². The zero-order valence-electron chi connectivity index (χ0n) is 19.8. The lowest BCUT2D eigenvalue weighted by molar-refractivity contribution is -0.137. The van der Waals surface area contributed by atoms with Crippen LogP contribution in [0.5, 0.6) is 0 Å². The van der Waals surface area contributed by atoms with E-state index in [9.17, 15) is 13.2 Å². The van der Waals surface area contributed by atoms with E-state index in [1.54, 1.807) is 0 Å². The van der Waals surface area contributed by atoms with E-state index < -0.39 is 11.7 Å². The lowest BCUT2D eigenvalue weighted by Gasteiger charge is -2.39. The summed E-state index contributed by atoms with van der Waals surface area (Å²) in [5.74, 6) is 1.87. The standard InChI is InChI=1S/C25H28ClF3N6O/c26-20-4-1-3-18(15-20)24(7-2-8-24)23-32-22(36-33-23)17-30-9-10-34-11-13-35(14-12-34)21-6-5-19(16-31-21)25(27,28)29/h1,3-6,15-16,30H,2,7-14,17H2. The fourth-order valence-corrected chi connectivity index (χ4v) is 5.04. The van der Waals surface area contributed by atoms with Crippen LogP contribution in [0.2, 0.25) is 5.02 Å². The maximum absolute atomic E-state index is 12.7. The molecular weight excluding hydrogens is 493 g/mol. The second-order valence-corrected chi connectivity index (χ2v) is 9.80. The van der Waals surface area contributed by atoms with Crippen molar-refractivity contribution in [2.75, 3.05) is 44.2 Å². The van der Waals surface area contributed by atoms with Gasteiger partial charge in [-0.15, -0.1) is 0 Å². The van der Waals surface area contributed by atoms with E-state index in [4.69, 9.17) is 16.1 Å². The monoisotopic (exact) mass is 520 g/mol. The highest BCUT2D eigenvalue weighted by atomic mass is 35.5. The van der Waals surface area contributed by atoms with Crippen LogP contribution in [0.3, 0.4) is 0 Å². The van der Waals surface area contributed by atoms with Crippen LogP contribution in [-0.4, -0.2) is 59.3 Å². The summed E-state index contributed by atoms with van der Waals surface area (Å²) in [6, 6.07) is 10.4. The molecule has 2 fully saturated rings. The topological polar surface area (TPSA) is 70.3 Å². The third kappa shape index (κ3) is 5.35. The van der Waals surface area contributed by atoms with Crippen LogP contribution in [0.4, 0.5) is 19.0 Å². The molecule has 2 aliphatic rings. The van der Waals surface area contributed by atoms with Gasteiger partial charge in [0.2, 0.25) is 5.89 Å². The molecule has 0 radical (unpaired) electrons. The SMILES string of the molecule is FC(F)(F)c1ccc(N2CCN(CCNCc3nc(C4(c5cccc(Cl)c5)CCC4)no3)CC2)nc1. The fourth-order valence-electron chi connectivity index (χ4n) is 4.85. The highest BCUT2D eigenvalue weighted by molar-refractivity contribution is 6.30. The molecule has 1 aliphatic heterocycles. The molecule has 0 spiro atoms. The molecule has 0 unspecified atom stereocenters. The van der Waals surface area contributed by atoms with Gasteiger partial charge in [-0.2, -0.15) is 18.2 Å². The molecule has 192 valence electrons. The van der Waals surface area contributed by atoms with Crippen molar-refractivity contribution in [3.8, 4) is 0 Å². The number of halogens is 4. The maximum Gasteiger partial charge on any atom is 0.417 e. The lowest BCUT2D eigenvalue weighted by atomic mass is 9.64. The van der Waals surface area contributed by atoms with Gasteiger partial charge in [-0.3, -0.25) is 4.90 Å². The van der Waals surface area contributed by atoms with Crippen molar-refractivity contribution in [3.63, 3.8) is 0 Å². The third-order valence-electron chi connectivity index (χ3n) is 7.13. The number of aromatic nitrogens is 3. The average molecular weight is 521 g/mol. The second kappa shape index (κ2) is 10.4. The van der Waals surface area contributed by atoms with E-state index in [0.29, 0.717) is 23.3 Å². The molecular formula is C25H28ClF3N6O. The molecule has 7 nitrogen and oxygen atoms in total. The zero-order chi connectivity index (χ0) is 25.2. The molecule has 11 heteroatoms. The van der Waals surface area contributed by atoms with Gasteiger partial charge in [-0.25, -0.2) is 4.98 Å². The predicted octanol–water partition coefficient (Wildman–Crippen LogP) is 4.52. The van der Waals surface area contributed by atoms with Crippen molar-refractivity contribution in [2.45, 2.75) is 37.4 Å². The Morgan fingerprint density at radius 1 is 1.08 bits per heavy atom. The number of anilines is 1. The summed E-state index contributed by atoms with van der Waals surface area (Å²) in [5.41, 5.74) is 0.192. The van der Waals surface area contributed by atoms with E-state index in [2.05, 4.69) is 31.4 Å². The number of benzene rings is 1. The number of pyridine rings is 1. The van der Waals surface area contributed by atoms with E-state index in [-0.39, 0.29) is 5.41 Å². The highest BCUT2D eigenvalue weighted by Crippen LogP contribution is 2.48. The molecule has 0 atom stereocenters. The first-order valence-electron chi connectivity index (χ1n) is 12.1. The normalized spacial score (nSPS) is 18.3. The molecule has 1 N–H and O–H groups in total. The Balaban J connectivity index is 1.06. The van der Waals surface area contributed by atoms with Crippen molar-refractivity contribution in [1.82, 2.24) is 25.3 Å². The Morgan fingerprint density at radius 3 is 2.53 bits per heavy atom. The van der Waals surface area contributed by atoms with Crippen LogP contribution < -0.4 is 10.2 Å². The Morgan fingerprint density at radius 2 is 1.89 bits per heavy atom. The number of rotatable bonds is 8. The van der Waals surface area contributed by atoms with Crippen molar-refractivity contribution in [2.24, 2.45) is 0 Å². The van der Waals surface area contributed by atoms with Gasteiger partial charge in [-0.05, 0) is 42.7 Å². The first-order chi connectivity index (χ1) is 17.3. The Kier molecular flexibility index (Phi) is 7.18. The van der Waals surface area contributed by atoms with Crippen molar-refractivity contribution < 1.29 is 17.7 Å². The molecule has 0 bridgehead atoms.